The SMILES string of the molecule is CCOC(=O)c1csc(C2CCN(C(=O)c3nc(SC)ncc3Cl)CC2)n1. The first-order chi connectivity index (χ1) is 13.0. The molecule has 0 aliphatic carbocycles. The van der Waals surface area contributed by atoms with Gasteiger partial charge in [-0.25, -0.2) is 19.7 Å². The predicted octanol–water partition coefficient (Wildman–Crippen LogP) is 3.50. The Morgan fingerprint density at radius 2 is 2.11 bits per heavy atom. The molecule has 27 heavy (non-hydrogen) atoms. The number of likely N-dealkylation sites (tertiary alicyclic amines) is 1. The van der Waals surface area contributed by atoms with Gasteiger partial charge in [-0.2, -0.15) is 0 Å². The number of halogens is 1. The summed E-state index contributed by atoms with van der Waals surface area (Å²) in [6, 6.07) is 0. The molecule has 1 amide bonds. The molecular formula is C17H19ClN4O3S2. The Kier molecular flexibility index (Phi) is 6.67. The van der Waals surface area contributed by atoms with Crippen molar-refractivity contribution in [2.45, 2.75) is 30.8 Å². The Balaban J connectivity index is 1.64. The van der Waals surface area contributed by atoms with Gasteiger partial charge in [0.2, 0.25) is 0 Å². The molecule has 0 N–H and O–H groups in total. The van der Waals surface area contributed by atoms with E-state index in [0.29, 0.717) is 30.5 Å². The van der Waals surface area contributed by atoms with Crippen molar-refractivity contribution in [2.24, 2.45) is 0 Å². The van der Waals surface area contributed by atoms with Crippen molar-refractivity contribution >= 4 is 46.6 Å². The molecule has 1 saturated heterocycles. The molecule has 0 unspecified atom stereocenters. The first-order valence-electron chi connectivity index (χ1n) is 8.51. The number of hydrogen-bond donors (Lipinski definition) is 0. The van der Waals surface area contributed by atoms with E-state index in [2.05, 4.69) is 15.0 Å². The van der Waals surface area contributed by atoms with Gasteiger partial charge in [0.05, 0.1) is 22.8 Å². The molecule has 144 valence electrons. The number of esters is 1. The van der Waals surface area contributed by atoms with Crippen LogP contribution in [0, 0.1) is 0 Å². The summed E-state index contributed by atoms with van der Waals surface area (Å²) in [7, 11) is 0. The van der Waals surface area contributed by atoms with Crippen LogP contribution in [0.3, 0.4) is 0 Å². The van der Waals surface area contributed by atoms with E-state index in [1.807, 2.05) is 6.26 Å². The van der Waals surface area contributed by atoms with Gasteiger partial charge in [0.15, 0.2) is 16.5 Å². The van der Waals surface area contributed by atoms with Crippen molar-refractivity contribution in [3.63, 3.8) is 0 Å². The van der Waals surface area contributed by atoms with Crippen LogP contribution in [0.1, 0.15) is 51.7 Å². The third kappa shape index (κ3) is 4.59. The van der Waals surface area contributed by atoms with Gasteiger partial charge in [0.25, 0.3) is 5.91 Å². The minimum atomic E-state index is -0.393. The number of thiazole rings is 1. The van der Waals surface area contributed by atoms with E-state index in [9.17, 15) is 9.59 Å². The molecule has 1 fully saturated rings. The fraction of sp³-hybridized carbons (Fsp3) is 0.471. The molecule has 0 atom stereocenters. The van der Waals surface area contributed by atoms with Gasteiger partial charge in [0, 0.05) is 24.4 Å². The fourth-order valence-corrected chi connectivity index (χ4v) is 4.33. The first kappa shape index (κ1) is 20.0. The topological polar surface area (TPSA) is 85.3 Å². The Bertz CT molecular complexity index is 837. The van der Waals surface area contributed by atoms with E-state index >= 15 is 0 Å². The molecule has 1 aliphatic rings. The second kappa shape index (κ2) is 8.99. The summed E-state index contributed by atoms with van der Waals surface area (Å²) in [6.07, 6.45) is 4.87. The molecule has 0 bridgehead atoms. The van der Waals surface area contributed by atoms with Crippen molar-refractivity contribution in [3.8, 4) is 0 Å². The summed E-state index contributed by atoms with van der Waals surface area (Å²) < 4.78 is 4.98. The van der Waals surface area contributed by atoms with Crippen LogP contribution in [0.25, 0.3) is 0 Å². The van der Waals surface area contributed by atoms with Crippen LogP contribution in [0.4, 0.5) is 0 Å². The molecule has 0 saturated carbocycles. The van der Waals surface area contributed by atoms with E-state index in [-0.39, 0.29) is 22.5 Å². The highest BCUT2D eigenvalue weighted by molar-refractivity contribution is 7.98. The van der Waals surface area contributed by atoms with Crippen LogP contribution in [0.15, 0.2) is 16.7 Å². The lowest BCUT2D eigenvalue weighted by Gasteiger charge is -2.31. The maximum atomic E-state index is 12.8. The van der Waals surface area contributed by atoms with E-state index in [1.54, 1.807) is 17.2 Å². The van der Waals surface area contributed by atoms with Gasteiger partial charge in [-0.15, -0.1) is 11.3 Å². The molecular weight excluding hydrogens is 408 g/mol. The van der Waals surface area contributed by atoms with Crippen molar-refractivity contribution in [3.05, 3.63) is 33.0 Å². The van der Waals surface area contributed by atoms with Gasteiger partial charge in [-0.1, -0.05) is 23.4 Å². The summed E-state index contributed by atoms with van der Waals surface area (Å²) in [6.45, 7) is 3.28. The van der Waals surface area contributed by atoms with Crippen LogP contribution >= 0.6 is 34.7 Å². The molecule has 1 aliphatic heterocycles. The summed E-state index contributed by atoms with van der Waals surface area (Å²) in [5.41, 5.74) is 0.598. The maximum Gasteiger partial charge on any atom is 0.357 e. The van der Waals surface area contributed by atoms with Crippen molar-refractivity contribution in [1.82, 2.24) is 19.9 Å². The number of carbonyl (C=O) groups excluding carboxylic acids is 2. The smallest absolute Gasteiger partial charge is 0.357 e. The molecule has 0 aromatic carbocycles. The number of ether oxygens (including phenoxy) is 1. The Morgan fingerprint density at radius 1 is 1.37 bits per heavy atom. The first-order valence-corrected chi connectivity index (χ1v) is 11.0. The number of amides is 1. The number of aromatic nitrogens is 3. The lowest BCUT2D eigenvalue weighted by Crippen LogP contribution is -2.38. The molecule has 0 spiro atoms. The minimum Gasteiger partial charge on any atom is -0.461 e. The molecule has 2 aromatic rings. The van der Waals surface area contributed by atoms with Crippen LogP contribution in [0.5, 0.6) is 0 Å². The van der Waals surface area contributed by atoms with Crippen molar-refractivity contribution in [2.75, 3.05) is 26.0 Å². The van der Waals surface area contributed by atoms with Crippen LogP contribution < -0.4 is 0 Å². The minimum absolute atomic E-state index is 0.178. The Hall–Kier alpha value is -1.71. The average molecular weight is 427 g/mol. The molecule has 7 nitrogen and oxygen atoms in total. The van der Waals surface area contributed by atoms with Crippen LogP contribution in [-0.4, -0.2) is 57.7 Å². The highest BCUT2D eigenvalue weighted by atomic mass is 35.5. The Labute approximate surface area is 170 Å². The molecule has 10 heteroatoms. The van der Waals surface area contributed by atoms with Crippen LogP contribution in [-0.2, 0) is 4.74 Å². The number of carbonyl (C=O) groups is 2. The van der Waals surface area contributed by atoms with E-state index in [0.717, 1.165) is 17.8 Å². The number of thioether (sulfide) groups is 1. The van der Waals surface area contributed by atoms with Crippen molar-refractivity contribution < 1.29 is 14.3 Å². The summed E-state index contributed by atoms with van der Waals surface area (Å²) >= 11 is 8.94. The second-order valence-corrected chi connectivity index (χ2v) is 7.98. The lowest BCUT2D eigenvalue weighted by atomic mass is 9.97. The summed E-state index contributed by atoms with van der Waals surface area (Å²) in [5.74, 6) is -0.344. The van der Waals surface area contributed by atoms with Gasteiger partial charge >= 0.3 is 5.97 Å². The highest BCUT2D eigenvalue weighted by Gasteiger charge is 2.28. The third-order valence-electron chi connectivity index (χ3n) is 4.25. The summed E-state index contributed by atoms with van der Waals surface area (Å²) in [5, 5.41) is 3.43. The second-order valence-electron chi connectivity index (χ2n) is 5.91. The highest BCUT2D eigenvalue weighted by Crippen LogP contribution is 2.31. The zero-order valence-electron chi connectivity index (χ0n) is 15.0. The summed E-state index contributed by atoms with van der Waals surface area (Å²) in [4.78, 5) is 39.0. The zero-order valence-corrected chi connectivity index (χ0v) is 17.4. The van der Waals surface area contributed by atoms with Crippen molar-refractivity contribution in [1.29, 1.82) is 0 Å². The zero-order chi connectivity index (χ0) is 19.4. The number of nitrogens with zero attached hydrogens (tertiary/aromatic N) is 4. The third-order valence-corrected chi connectivity index (χ3v) is 6.09. The monoisotopic (exact) mass is 426 g/mol. The number of hydrogen-bond acceptors (Lipinski definition) is 8. The normalized spacial score (nSPS) is 15.0. The number of rotatable bonds is 5. The molecule has 2 aromatic heterocycles. The molecule has 3 rings (SSSR count). The fourth-order valence-electron chi connectivity index (χ4n) is 2.85. The predicted molar refractivity (Wildman–Crippen MR) is 105 cm³/mol. The number of piperidine rings is 1. The van der Waals surface area contributed by atoms with E-state index in [1.165, 1.54) is 29.3 Å². The van der Waals surface area contributed by atoms with Gasteiger partial charge in [0.1, 0.15) is 0 Å². The lowest BCUT2D eigenvalue weighted by molar-refractivity contribution is 0.0520. The standard InChI is InChI=1S/C17H19ClN4O3S2/c1-3-25-16(24)12-9-27-14(20-12)10-4-6-22(7-5-10)15(23)13-11(18)8-19-17(21-13)26-2/h8-10H,3-7H2,1-2H3. The average Bonchev–Trinajstić information content (AvgIpc) is 3.18. The van der Waals surface area contributed by atoms with Gasteiger partial charge in [-0.05, 0) is 26.0 Å². The largest absolute Gasteiger partial charge is 0.461 e. The molecule has 3 heterocycles. The van der Waals surface area contributed by atoms with Gasteiger partial charge < -0.3 is 9.64 Å². The van der Waals surface area contributed by atoms with Gasteiger partial charge in [-0.3, -0.25) is 4.79 Å². The van der Waals surface area contributed by atoms with E-state index < -0.39 is 5.97 Å². The molecule has 0 radical (unpaired) electrons. The maximum absolute atomic E-state index is 12.8. The van der Waals surface area contributed by atoms with Crippen LogP contribution in [0.2, 0.25) is 5.02 Å². The Morgan fingerprint density at radius 3 is 2.78 bits per heavy atom. The quantitative estimate of drug-likeness (QED) is 0.410. The van der Waals surface area contributed by atoms with E-state index in [4.69, 9.17) is 16.3 Å².